The van der Waals surface area contributed by atoms with Gasteiger partial charge in [-0.1, -0.05) is 11.6 Å². The number of pyridine rings is 1. The van der Waals surface area contributed by atoms with Crippen LogP contribution in [0.1, 0.15) is 10.4 Å². The summed E-state index contributed by atoms with van der Waals surface area (Å²) in [5.74, 6) is -2.98. The van der Waals surface area contributed by atoms with Crippen molar-refractivity contribution in [2.45, 2.75) is 0 Å². The number of aromatic carboxylic acids is 1. The fourth-order valence-electron chi connectivity index (χ4n) is 1.34. The lowest BCUT2D eigenvalue weighted by Gasteiger charge is -2.03. The number of carbonyl (C=O) groups is 1. The second kappa shape index (κ2) is 3.68. The quantitative estimate of drug-likeness (QED) is 0.784. The third-order valence-corrected chi connectivity index (χ3v) is 2.31. The van der Waals surface area contributed by atoms with Crippen LogP contribution in [0.15, 0.2) is 18.2 Å². The summed E-state index contributed by atoms with van der Waals surface area (Å²) in [4.78, 5) is 14.3. The van der Waals surface area contributed by atoms with E-state index in [0.717, 1.165) is 12.1 Å². The van der Waals surface area contributed by atoms with Crippen LogP contribution in [0.4, 0.5) is 8.78 Å². The molecule has 0 aliphatic carbocycles. The summed E-state index contributed by atoms with van der Waals surface area (Å²) in [5.41, 5.74) is -0.449. The molecule has 2 aromatic rings. The maximum absolute atomic E-state index is 13.3. The molecule has 0 fully saturated rings. The highest BCUT2D eigenvalue weighted by molar-refractivity contribution is 6.32. The summed E-state index contributed by atoms with van der Waals surface area (Å²) in [5, 5.41) is 8.48. The Morgan fingerprint density at radius 1 is 1.31 bits per heavy atom. The first-order valence-electron chi connectivity index (χ1n) is 4.17. The third kappa shape index (κ3) is 1.69. The Hall–Kier alpha value is -1.75. The predicted molar refractivity (Wildman–Crippen MR) is 53.6 cm³/mol. The molecule has 0 atom stereocenters. The minimum absolute atomic E-state index is 0.0549. The molecule has 0 aliphatic heterocycles. The van der Waals surface area contributed by atoms with Crippen LogP contribution in [0.2, 0.25) is 5.15 Å². The predicted octanol–water partition coefficient (Wildman–Crippen LogP) is 2.86. The van der Waals surface area contributed by atoms with Gasteiger partial charge < -0.3 is 5.11 Å². The van der Waals surface area contributed by atoms with Crippen LogP contribution < -0.4 is 0 Å². The summed E-state index contributed by atoms with van der Waals surface area (Å²) < 4.78 is 26.1. The number of fused-ring (bicyclic) bond motifs is 1. The van der Waals surface area contributed by atoms with Crippen molar-refractivity contribution in [3.63, 3.8) is 0 Å². The van der Waals surface area contributed by atoms with Crippen LogP contribution in [0, 0.1) is 11.6 Å². The van der Waals surface area contributed by atoms with Gasteiger partial charge in [0.15, 0.2) is 5.82 Å². The molecule has 0 unspecified atom stereocenters. The fraction of sp³-hybridized carbons (Fsp3) is 0. The molecule has 82 valence electrons. The Bertz CT molecular complexity index is 601. The molecule has 16 heavy (non-hydrogen) atoms. The van der Waals surface area contributed by atoms with Crippen molar-refractivity contribution in [1.29, 1.82) is 0 Å². The molecule has 0 aliphatic rings. The Balaban J connectivity index is 2.84. The van der Waals surface area contributed by atoms with Crippen molar-refractivity contribution in [2.24, 2.45) is 0 Å². The zero-order valence-electron chi connectivity index (χ0n) is 7.67. The van der Waals surface area contributed by atoms with Crippen LogP contribution in [-0.2, 0) is 0 Å². The van der Waals surface area contributed by atoms with Crippen molar-refractivity contribution < 1.29 is 18.7 Å². The first kappa shape index (κ1) is 10.8. The second-order valence-electron chi connectivity index (χ2n) is 3.09. The van der Waals surface area contributed by atoms with E-state index in [2.05, 4.69) is 4.98 Å². The first-order valence-corrected chi connectivity index (χ1v) is 4.55. The van der Waals surface area contributed by atoms with Gasteiger partial charge in [0.1, 0.15) is 16.5 Å². The average Bonchev–Trinajstić information content (AvgIpc) is 2.18. The highest BCUT2D eigenvalue weighted by Crippen LogP contribution is 2.23. The lowest BCUT2D eigenvalue weighted by molar-refractivity contribution is 0.0697. The average molecular weight is 244 g/mol. The topological polar surface area (TPSA) is 50.2 Å². The smallest absolute Gasteiger partial charge is 0.338 e. The van der Waals surface area contributed by atoms with Gasteiger partial charge in [0.05, 0.1) is 5.56 Å². The van der Waals surface area contributed by atoms with Gasteiger partial charge in [-0.05, 0) is 12.1 Å². The maximum Gasteiger partial charge on any atom is 0.338 e. The molecule has 1 aromatic carbocycles. The summed E-state index contributed by atoms with van der Waals surface area (Å²) in [6.07, 6.45) is 0. The van der Waals surface area contributed by atoms with Gasteiger partial charge in [-0.2, -0.15) is 0 Å². The molecule has 6 heteroatoms. The van der Waals surface area contributed by atoms with Crippen molar-refractivity contribution in [1.82, 2.24) is 4.98 Å². The number of benzene rings is 1. The van der Waals surface area contributed by atoms with Gasteiger partial charge in [-0.3, -0.25) is 0 Å². The third-order valence-electron chi connectivity index (χ3n) is 2.02. The number of hydrogen-bond acceptors (Lipinski definition) is 2. The summed E-state index contributed by atoms with van der Waals surface area (Å²) in [6, 6.07) is 2.74. The van der Waals surface area contributed by atoms with Gasteiger partial charge in [0.25, 0.3) is 0 Å². The Morgan fingerprint density at radius 3 is 2.62 bits per heavy atom. The van der Waals surface area contributed by atoms with E-state index in [1.807, 2.05) is 0 Å². The molecule has 0 spiro atoms. The molecule has 1 aromatic heterocycles. The van der Waals surface area contributed by atoms with Gasteiger partial charge in [0.2, 0.25) is 0 Å². The number of carboxylic acids is 1. The van der Waals surface area contributed by atoms with Crippen molar-refractivity contribution in [3.05, 3.63) is 40.6 Å². The molecule has 1 N–H and O–H groups in total. The molecule has 0 saturated carbocycles. The normalized spacial score (nSPS) is 10.7. The Morgan fingerprint density at radius 2 is 2.00 bits per heavy atom. The van der Waals surface area contributed by atoms with Crippen LogP contribution >= 0.6 is 11.6 Å². The number of hydrogen-bond donors (Lipinski definition) is 1. The monoisotopic (exact) mass is 243 g/mol. The van der Waals surface area contributed by atoms with E-state index in [1.165, 1.54) is 0 Å². The molecule has 0 bridgehead atoms. The Kier molecular flexibility index (Phi) is 2.47. The fourth-order valence-corrected chi connectivity index (χ4v) is 1.56. The number of halogens is 3. The van der Waals surface area contributed by atoms with E-state index in [1.54, 1.807) is 0 Å². The molecule has 1 heterocycles. The van der Waals surface area contributed by atoms with E-state index in [9.17, 15) is 13.6 Å². The SMILES string of the molecule is O=C(O)c1cc2cc(F)cc(F)c2nc1Cl. The van der Waals surface area contributed by atoms with E-state index >= 15 is 0 Å². The minimum atomic E-state index is -1.30. The largest absolute Gasteiger partial charge is 0.478 e. The lowest BCUT2D eigenvalue weighted by atomic mass is 10.1. The van der Waals surface area contributed by atoms with Crippen molar-refractivity contribution in [2.75, 3.05) is 0 Å². The van der Waals surface area contributed by atoms with Gasteiger partial charge in [-0.25, -0.2) is 18.6 Å². The zero-order valence-corrected chi connectivity index (χ0v) is 8.42. The first-order chi connectivity index (χ1) is 7.49. The maximum atomic E-state index is 13.3. The number of carboxylic acid groups (broad SMARTS) is 1. The van der Waals surface area contributed by atoms with Crippen molar-refractivity contribution in [3.8, 4) is 0 Å². The van der Waals surface area contributed by atoms with Gasteiger partial charge >= 0.3 is 5.97 Å². The van der Waals surface area contributed by atoms with E-state index in [4.69, 9.17) is 16.7 Å². The molecule has 3 nitrogen and oxygen atoms in total. The van der Waals surface area contributed by atoms with Gasteiger partial charge in [-0.15, -0.1) is 0 Å². The standard InChI is InChI=1S/C10H4ClF2NO2/c11-9-6(10(15)16)2-4-1-5(12)3-7(13)8(4)14-9/h1-3H,(H,15,16). The summed E-state index contributed by atoms with van der Waals surface area (Å²) in [6.45, 7) is 0. The number of nitrogens with zero attached hydrogens (tertiary/aromatic N) is 1. The molecule has 2 rings (SSSR count). The van der Waals surface area contributed by atoms with Crippen LogP contribution in [0.25, 0.3) is 10.9 Å². The van der Waals surface area contributed by atoms with Crippen LogP contribution in [-0.4, -0.2) is 16.1 Å². The molecule has 0 amide bonds. The zero-order chi connectivity index (χ0) is 11.9. The lowest BCUT2D eigenvalue weighted by Crippen LogP contribution is -2.00. The highest BCUT2D eigenvalue weighted by atomic mass is 35.5. The van der Waals surface area contributed by atoms with E-state index in [0.29, 0.717) is 6.07 Å². The Labute approximate surface area is 93.3 Å². The minimum Gasteiger partial charge on any atom is -0.478 e. The molecular weight excluding hydrogens is 240 g/mol. The van der Waals surface area contributed by atoms with Crippen LogP contribution in [0.5, 0.6) is 0 Å². The van der Waals surface area contributed by atoms with Crippen molar-refractivity contribution >= 4 is 28.5 Å². The summed E-state index contributed by atoms with van der Waals surface area (Å²) in [7, 11) is 0. The van der Waals surface area contributed by atoms with E-state index < -0.39 is 17.6 Å². The van der Waals surface area contributed by atoms with Gasteiger partial charge in [0, 0.05) is 11.5 Å². The molecule has 0 saturated heterocycles. The summed E-state index contributed by atoms with van der Waals surface area (Å²) >= 11 is 5.56. The van der Waals surface area contributed by atoms with Crippen LogP contribution in [0.3, 0.4) is 0 Å². The van der Waals surface area contributed by atoms with E-state index in [-0.39, 0.29) is 21.6 Å². The number of aromatic nitrogens is 1. The highest BCUT2D eigenvalue weighted by Gasteiger charge is 2.14. The second-order valence-corrected chi connectivity index (χ2v) is 3.45. The number of rotatable bonds is 1. The molecule has 0 radical (unpaired) electrons. The molecular formula is C10H4ClF2NO2.